The third-order valence-corrected chi connectivity index (χ3v) is 6.43. The molecule has 0 aromatic rings. The van der Waals surface area contributed by atoms with Crippen LogP contribution in [0.15, 0.2) is 0 Å². The van der Waals surface area contributed by atoms with E-state index < -0.39 is 8.24 Å². The largest absolute Gasteiger partial charge is 0.502 e. The Balaban J connectivity index is 2.55. The molecule has 1 aliphatic rings. The van der Waals surface area contributed by atoms with Crippen molar-refractivity contribution in [1.82, 2.24) is 4.57 Å². The van der Waals surface area contributed by atoms with Gasteiger partial charge in [-0.15, -0.1) is 0 Å². The molecule has 0 radical (unpaired) electrons. The molecule has 1 saturated carbocycles. The Hall–Kier alpha value is 0.0669. The van der Waals surface area contributed by atoms with Gasteiger partial charge < -0.3 is 9.67 Å². The lowest BCUT2D eigenvalue weighted by molar-refractivity contribution is 0.231. The van der Waals surface area contributed by atoms with E-state index in [0.717, 1.165) is 25.4 Å². The van der Waals surface area contributed by atoms with Crippen molar-refractivity contribution in [3.63, 3.8) is 0 Å². The van der Waals surface area contributed by atoms with Crippen LogP contribution < -0.4 is 0 Å². The number of aliphatic hydroxyl groups excluding tert-OH is 1. The van der Waals surface area contributed by atoms with E-state index in [1.54, 1.807) is 0 Å². The molecule has 0 aromatic carbocycles. The zero-order valence-corrected chi connectivity index (χ0v) is 12.8. The average molecular weight is 259 g/mol. The van der Waals surface area contributed by atoms with Crippen LogP contribution in [0.2, 0.25) is 19.6 Å². The van der Waals surface area contributed by atoms with Crippen molar-refractivity contribution in [2.75, 3.05) is 6.54 Å². The first-order valence-electron chi connectivity index (χ1n) is 6.35. The van der Waals surface area contributed by atoms with Crippen molar-refractivity contribution in [2.45, 2.75) is 58.3 Å². The fraction of sp³-hybridized carbons (Fsp3) is 0.917. The van der Waals surface area contributed by atoms with Gasteiger partial charge in [-0.25, -0.2) is 0 Å². The number of aliphatic hydroxyl groups is 1. The summed E-state index contributed by atoms with van der Waals surface area (Å²) in [4.78, 5) is 0. The maximum Gasteiger partial charge on any atom is 0.159 e. The van der Waals surface area contributed by atoms with Gasteiger partial charge in [-0.05, 0) is 44.4 Å². The zero-order valence-electron chi connectivity index (χ0n) is 11.0. The Morgan fingerprint density at radius 2 is 1.75 bits per heavy atom. The summed E-state index contributed by atoms with van der Waals surface area (Å²) in [6.45, 7) is 10.7. The molecule has 1 aliphatic carbocycles. The van der Waals surface area contributed by atoms with Gasteiger partial charge in [0.25, 0.3) is 0 Å². The number of rotatable bonds is 4. The Labute approximate surface area is 106 Å². The van der Waals surface area contributed by atoms with Crippen LogP contribution in [0, 0.1) is 5.92 Å². The molecule has 0 unspecified atom stereocenters. The number of nitrogens with zero attached hydrogens (tertiary/aromatic N) is 1. The molecular formula is C12H25NOSSi. The first kappa shape index (κ1) is 14.1. The fourth-order valence-electron chi connectivity index (χ4n) is 2.91. The number of hydrogen-bond acceptors (Lipinski definition) is 2. The van der Waals surface area contributed by atoms with Crippen LogP contribution in [-0.4, -0.2) is 35.5 Å². The van der Waals surface area contributed by atoms with Gasteiger partial charge in [0.05, 0.1) is 0 Å². The standard InChI is InChI=1S/C12H25NOSSi/c1-5-13(16(2,3)4)11-8-6-10(7-9-11)12(14)15/h10-11H,5-9H2,1-4H3,(H,14,15). The van der Waals surface area contributed by atoms with E-state index >= 15 is 0 Å². The third-order valence-electron chi connectivity index (χ3n) is 3.69. The smallest absolute Gasteiger partial charge is 0.159 e. The van der Waals surface area contributed by atoms with Crippen LogP contribution in [0.5, 0.6) is 0 Å². The molecule has 0 aromatic heterocycles. The van der Waals surface area contributed by atoms with E-state index in [-0.39, 0.29) is 11.0 Å². The molecule has 4 heteroatoms. The summed E-state index contributed by atoms with van der Waals surface area (Å²) in [6, 6.07) is 0.724. The van der Waals surface area contributed by atoms with Crippen molar-refractivity contribution in [3.8, 4) is 0 Å². The molecule has 16 heavy (non-hydrogen) atoms. The Morgan fingerprint density at radius 1 is 1.25 bits per heavy atom. The van der Waals surface area contributed by atoms with Gasteiger partial charge in [0.2, 0.25) is 0 Å². The summed E-state index contributed by atoms with van der Waals surface area (Å²) in [5.41, 5.74) is 0. The van der Waals surface area contributed by atoms with Crippen molar-refractivity contribution >= 4 is 25.5 Å². The minimum atomic E-state index is -1.19. The lowest BCUT2D eigenvalue weighted by atomic mass is 9.86. The molecule has 0 spiro atoms. The molecule has 1 rings (SSSR count). The number of thiocarbonyl (C=S) groups is 1. The Morgan fingerprint density at radius 3 is 2.06 bits per heavy atom. The van der Waals surface area contributed by atoms with E-state index in [2.05, 4.69) is 31.1 Å². The Bertz CT molecular complexity index is 244. The van der Waals surface area contributed by atoms with Crippen LogP contribution in [-0.2, 0) is 0 Å². The lowest BCUT2D eigenvalue weighted by Crippen LogP contribution is -2.52. The molecule has 0 heterocycles. The molecule has 0 saturated heterocycles. The summed E-state index contributed by atoms with van der Waals surface area (Å²) in [6.07, 6.45) is 4.54. The molecule has 1 fully saturated rings. The minimum Gasteiger partial charge on any atom is -0.502 e. The summed E-state index contributed by atoms with van der Waals surface area (Å²) in [5, 5.41) is 9.58. The van der Waals surface area contributed by atoms with E-state index in [9.17, 15) is 5.11 Å². The van der Waals surface area contributed by atoms with Crippen LogP contribution in [0.25, 0.3) is 0 Å². The van der Waals surface area contributed by atoms with Crippen molar-refractivity contribution in [3.05, 3.63) is 0 Å². The second-order valence-electron chi connectivity index (χ2n) is 5.80. The highest BCUT2D eigenvalue weighted by molar-refractivity contribution is 7.80. The lowest BCUT2D eigenvalue weighted by Gasteiger charge is -2.43. The highest BCUT2D eigenvalue weighted by atomic mass is 32.1. The predicted molar refractivity (Wildman–Crippen MR) is 76.7 cm³/mol. The fourth-order valence-corrected chi connectivity index (χ4v) is 5.45. The van der Waals surface area contributed by atoms with E-state index in [0.29, 0.717) is 0 Å². The first-order chi connectivity index (χ1) is 7.36. The van der Waals surface area contributed by atoms with Gasteiger partial charge in [-0.3, -0.25) is 0 Å². The topological polar surface area (TPSA) is 23.5 Å². The summed E-state index contributed by atoms with van der Waals surface area (Å²) >= 11 is 4.87. The SMILES string of the molecule is CCN(C1CCC(C(O)=S)CC1)[Si](C)(C)C. The highest BCUT2D eigenvalue weighted by Crippen LogP contribution is 2.30. The van der Waals surface area contributed by atoms with Gasteiger partial charge in [0, 0.05) is 12.0 Å². The summed E-state index contributed by atoms with van der Waals surface area (Å²) < 4.78 is 2.71. The van der Waals surface area contributed by atoms with Gasteiger partial charge in [0.15, 0.2) is 5.05 Å². The summed E-state index contributed by atoms with van der Waals surface area (Å²) in [5.74, 6) is 0.284. The molecule has 0 amide bonds. The van der Waals surface area contributed by atoms with Crippen molar-refractivity contribution in [2.24, 2.45) is 5.92 Å². The van der Waals surface area contributed by atoms with Crippen molar-refractivity contribution < 1.29 is 5.11 Å². The monoisotopic (exact) mass is 259 g/mol. The molecule has 0 atom stereocenters. The normalized spacial score (nSPS) is 27.1. The van der Waals surface area contributed by atoms with E-state index in [4.69, 9.17) is 12.2 Å². The molecule has 94 valence electrons. The van der Waals surface area contributed by atoms with Gasteiger partial charge >= 0.3 is 0 Å². The highest BCUT2D eigenvalue weighted by Gasteiger charge is 2.32. The molecule has 0 aliphatic heterocycles. The zero-order chi connectivity index (χ0) is 12.3. The van der Waals surface area contributed by atoms with Gasteiger partial charge in [-0.1, -0.05) is 26.6 Å². The second-order valence-corrected chi connectivity index (χ2v) is 11.1. The number of hydrogen-bond donors (Lipinski definition) is 1. The maximum absolute atomic E-state index is 9.35. The van der Waals surface area contributed by atoms with Crippen molar-refractivity contribution in [1.29, 1.82) is 0 Å². The predicted octanol–water partition coefficient (Wildman–Crippen LogP) is 3.59. The van der Waals surface area contributed by atoms with E-state index in [1.807, 2.05) is 0 Å². The first-order valence-corrected chi connectivity index (χ1v) is 10.2. The van der Waals surface area contributed by atoms with Crippen LogP contribution in [0.1, 0.15) is 32.6 Å². The Kier molecular flexibility index (Phi) is 4.95. The molecule has 2 nitrogen and oxygen atoms in total. The minimum absolute atomic E-state index is 0.231. The van der Waals surface area contributed by atoms with Gasteiger partial charge in [0.1, 0.15) is 8.24 Å². The van der Waals surface area contributed by atoms with Crippen LogP contribution >= 0.6 is 12.2 Å². The van der Waals surface area contributed by atoms with Crippen LogP contribution in [0.3, 0.4) is 0 Å². The quantitative estimate of drug-likeness (QED) is 0.616. The molecule has 1 N–H and O–H groups in total. The molecule has 0 bridgehead atoms. The summed E-state index contributed by atoms with van der Waals surface area (Å²) in [7, 11) is -1.19. The van der Waals surface area contributed by atoms with Gasteiger partial charge in [-0.2, -0.15) is 0 Å². The van der Waals surface area contributed by atoms with Crippen LogP contribution in [0.4, 0.5) is 0 Å². The third kappa shape index (κ3) is 3.53. The van der Waals surface area contributed by atoms with E-state index in [1.165, 1.54) is 12.8 Å². The second kappa shape index (κ2) is 5.60. The molecular weight excluding hydrogens is 234 g/mol. The average Bonchev–Trinajstić information content (AvgIpc) is 2.17. The maximum atomic E-state index is 9.35.